The van der Waals surface area contributed by atoms with Crippen LogP contribution in [0.5, 0.6) is 5.75 Å². The van der Waals surface area contributed by atoms with Crippen molar-refractivity contribution in [3.63, 3.8) is 0 Å². The predicted molar refractivity (Wildman–Crippen MR) is 160 cm³/mol. The maximum atomic E-state index is 14.3. The second kappa shape index (κ2) is 14.6. The van der Waals surface area contributed by atoms with Crippen molar-refractivity contribution in [3.8, 4) is 17.6 Å². The fourth-order valence-corrected chi connectivity index (χ4v) is 5.36. The van der Waals surface area contributed by atoms with Gasteiger partial charge in [0.25, 0.3) is 11.8 Å². The number of methoxy groups -OCH3 is 1. The van der Waals surface area contributed by atoms with Crippen LogP contribution in [-0.2, 0) is 6.54 Å². The van der Waals surface area contributed by atoms with Crippen LogP contribution in [0, 0.1) is 23.6 Å². The van der Waals surface area contributed by atoms with Crippen molar-refractivity contribution >= 4 is 28.5 Å². The summed E-state index contributed by atoms with van der Waals surface area (Å²) in [6.45, 7) is 2.30. The molecule has 9 nitrogen and oxygen atoms in total. The molecule has 3 aromatic rings. The van der Waals surface area contributed by atoms with Gasteiger partial charge in [0, 0.05) is 44.4 Å². The van der Waals surface area contributed by atoms with Gasteiger partial charge in [-0.25, -0.2) is 9.37 Å². The van der Waals surface area contributed by atoms with E-state index < -0.39 is 37.0 Å². The minimum absolute atomic E-state index is 0.00491. The van der Waals surface area contributed by atoms with E-state index in [1.54, 1.807) is 0 Å². The SMILES string of the molecule is CNC(=O)c1cc(NCC#Cc2cc(C(=O)N[C@H]3CCN(CCCF)C[C@@H]3C)c3ncn(CC(F)(F)F)c3c2)c(OC)cc1F. The summed E-state index contributed by atoms with van der Waals surface area (Å²) < 4.78 is 73.0. The van der Waals surface area contributed by atoms with Crippen LogP contribution < -0.4 is 20.7 Å². The van der Waals surface area contributed by atoms with Crippen LogP contribution in [0.25, 0.3) is 11.0 Å². The third kappa shape index (κ3) is 8.42. The van der Waals surface area contributed by atoms with Crippen molar-refractivity contribution in [2.45, 2.75) is 38.5 Å². The molecule has 0 unspecified atom stereocenters. The summed E-state index contributed by atoms with van der Waals surface area (Å²) in [4.78, 5) is 31.8. The lowest BCUT2D eigenvalue weighted by Crippen LogP contribution is -2.50. The Bertz CT molecular complexity index is 1600. The Morgan fingerprint density at radius 2 is 1.93 bits per heavy atom. The molecule has 45 heavy (non-hydrogen) atoms. The number of imidazole rings is 1. The van der Waals surface area contributed by atoms with Gasteiger partial charge in [-0.2, -0.15) is 13.2 Å². The summed E-state index contributed by atoms with van der Waals surface area (Å²) in [5.41, 5.74) is 0.689. The van der Waals surface area contributed by atoms with Crippen LogP contribution in [0.1, 0.15) is 46.0 Å². The number of rotatable bonds is 10. The number of amides is 2. The molecule has 1 aliphatic rings. The number of nitrogens with zero attached hydrogens (tertiary/aromatic N) is 3. The van der Waals surface area contributed by atoms with Crippen molar-refractivity contribution in [2.24, 2.45) is 5.92 Å². The van der Waals surface area contributed by atoms with E-state index in [1.165, 1.54) is 32.4 Å². The minimum atomic E-state index is -4.52. The Morgan fingerprint density at radius 3 is 2.60 bits per heavy atom. The van der Waals surface area contributed by atoms with E-state index in [2.05, 4.69) is 37.7 Å². The zero-order valence-electron chi connectivity index (χ0n) is 25.2. The molecule has 1 aliphatic heterocycles. The summed E-state index contributed by atoms with van der Waals surface area (Å²) >= 11 is 0. The summed E-state index contributed by atoms with van der Waals surface area (Å²) in [6, 6.07) is 5.09. The Hall–Kier alpha value is -4.38. The number of anilines is 1. The first-order valence-electron chi connectivity index (χ1n) is 14.4. The Kier molecular flexibility index (Phi) is 10.9. The lowest BCUT2D eigenvalue weighted by atomic mass is 9.93. The molecule has 2 atom stereocenters. The summed E-state index contributed by atoms with van der Waals surface area (Å²) in [7, 11) is 2.71. The molecule has 242 valence electrons. The lowest BCUT2D eigenvalue weighted by molar-refractivity contribution is -0.140. The van der Waals surface area contributed by atoms with E-state index in [4.69, 9.17) is 4.74 Å². The standard InChI is InChI=1S/C31H35F5N6O3/c1-19-16-41(10-5-8-32)11-7-24(19)40-30(44)22-12-20(13-26-28(22)39-18-42(26)17-31(34,35)36)6-4-9-38-25-14-21(29(43)37-2)23(33)15-27(25)45-3/h12-15,18-19,24,38H,5,7-11,16-17H2,1-3H3,(H,37,43)(H,40,44)/t19-,24-/m0/s1. The quantitative estimate of drug-likeness (QED) is 0.226. The number of alkyl halides is 4. The molecule has 3 N–H and O–H groups in total. The number of carbonyl (C=O) groups excluding carboxylic acids is 2. The van der Waals surface area contributed by atoms with Gasteiger partial charge < -0.3 is 30.2 Å². The van der Waals surface area contributed by atoms with Crippen molar-refractivity contribution in [2.75, 3.05) is 52.3 Å². The molecule has 1 saturated heterocycles. The molecule has 1 aromatic heterocycles. The monoisotopic (exact) mass is 634 g/mol. The normalized spacial score (nSPS) is 17.0. The molecule has 2 heterocycles. The highest BCUT2D eigenvalue weighted by Gasteiger charge is 2.31. The first kappa shape index (κ1) is 33.5. The van der Waals surface area contributed by atoms with Crippen molar-refractivity contribution in [1.29, 1.82) is 0 Å². The maximum absolute atomic E-state index is 14.3. The number of halogens is 5. The van der Waals surface area contributed by atoms with Crippen molar-refractivity contribution < 1.29 is 36.3 Å². The maximum Gasteiger partial charge on any atom is 0.406 e. The number of benzene rings is 2. The number of aromatic nitrogens is 2. The van der Waals surface area contributed by atoms with Crippen LogP contribution in [0.15, 0.2) is 30.6 Å². The molecule has 0 aliphatic carbocycles. The molecule has 0 bridgehead atoms. The minimum Gasteiger partial charge on any atom is -0.494 e. The van der Waals surface area contributed by atoms with Gasteiger partial charge in [0.2, 0.25) is 0 Å². The number of nitrogens with one attached hydrogen (secondary N) is 3. The van der Waals surface area contributed by atoms with E-state index in [-0.39, 0.29) is 52.0 Å². The number of carbonyl (C=O) groups is 2. The third-order valence-electron chi connectivity index (χ3n) is 7.59. The van der Waals surface area contributed by atoms with Gasteiger partial charge in [0.1, 0.15) is 23.6 Å². The van der Waals surface area contributed by atoms with Crippen LogP contribution in [0.3, 0.4) is 0 Å². The zero-order valence-corrected chi connectivity index (χ0v) is 25.2. The summed E-state index contributed by atoms with van der Waals surface area (Å²) in [6.07, 6.45) is -2.38. The van der Waals surface area contributed by atoms with E-state index in [0.29, 0.717) is 38.2 Å². The van der Waals surface area contributed by atoms with Crippen molar-refractivity contribution in [1.82, 2.24) is 25.1 Å². The van der Waals surface area contributed by atoms with Gasteiger partial charge in [0.05, 0.1) is 49.0 Å². The van der Waals surface area contributed by atoms with E-state index in [1.807, 2.05) is 6.92 Å². The Labute approximate surface area is 257 Å². The van der Waals surface area contributed by atoms with Crippen LogP contribution >= 0.6 is 0 Å². The van der Waals surface area contributed by atoms with Crippen LogP contribution in [0.4, 0.5) is 27.6 Å². The smallest absolute Gasteiger partial charge is 0.406 e. The zero-order chi connectivity index (χ0) is 32.7. The van der Waals surface area contributed by atoms with E-state index >= 15 is 0 Å². The number of piperidine rings is 1. The van der Waals surface area contributed by atoms with Gasteiger partial charge in [-0.3, -0.25) is 14.0 Å². The average Bonchev–Trinajstić information content (AvgIpc) is 3.39. The molecular formula is C31H35F5N6O3. The second-order valence-electron chi connectivity index (χ2n) is 10.8. The molecule has 1 fully saturated rings. The van der Waals surface area contributed by atoms with Crippen LogP contribution in [0.2, 0.25) is 0 Å². The predicted octanol–water partition coefficient (Wildman–Crippen LogP) is 4.37. The van der Waals surface area contributed by atoms with Gasteiger partial charge in [-0.1, -0.05) is 18.8 Å². The number of fused-ring (bicyclic) bond motifs is 1. The van der Waals surface area contributed by atoms with Crippen molar-refractivity contribution in [3.05, 3.63) is 53.1 Å². The molecule has 0 spiro atoms. The highest BCUT2D eigenvalue weighted by Crippen LogP contribution is 2.28. The molecular weight excluding hydrogens is 599 g/mol. The topological polar surface area (TPSA) is 101 Å². The summed E-state index contributed by atoms with van der Waals surface area (Å²) in [5.74, 6) is 4.06. The number of hydrogen-bond acceptors (Lipinski definition) is 6. The largest absolute Gasteiger partial charge is 0.494 e. The van der Waals surface area contributed by atoms with E-state index in [9.17, 15) is 31.5 Å². The summed E-state index contributed by atoms with van der Waals surface area (Å²) in [5, 5.41) is 8.33. The lowest BCUT2D eigenvalue weighted by Gasteiger charge is -2.37. The first-order valence-corrected chi connectivity index (χ1v) is 14.4. The second-order valence-corrected chi connectivity index (χ2v) is 10.8. The number of likely N-dealkylation sites (tertiary alicyclic amines) is 1. The fraction of sp³-hybridized carbons (Fsp3) is 0.452. The molecule has 2 aromatic carbocycles. The Balaban J connectivity index is 1.59. The van der Waals surface area contributed by atoms with Gasteiger partial charge in [-0.15, -0.1) is 0 Å². The van der Waals surface area contributed by atoms with Crippen LogP contribution in [-0.4, -0.2) is 85.5 Å². The molecule has 4 rings (SSSR count). The molecule has 2 amide bonds. The molecule has 0 saturated carbocycles. The number of ether oxygens (including phenoxy) is 1. The molecule has 14 heteroatoms. The molecule has 0 radical (unpaired) electrons. The van der Waals surface area contributed by atoms with E-state index in [0.717, 1.165) is 17.0 Å². The highest BCUT2D eigenvalue weighted by atomic mass is 19.4. The average molecular weight is 635 g/mol. The fourth-order valence-electron chi connectivity index (χ4n) is 5.36. The number of hydrogen-bond donors (Lipinski definition) is 3. The highest BCUT2D eigenvalue weighted by molar-refractivity contribution is 6.05. The third-order valence-corrected chi connectivity index (χ3v) is 7.59. The van der Waals surface area contributed by atoms with Gasteiger partial charge in [0.15, 0.2) is 0 Å². The van der Waals surface area contributed by atoms with Gasteiger partial charge >= 0.3 is 6.18 Å². The first-order chi connectivity index (χ1) is 21.4. The Morgan fingerprint density at radius 1 is 1.16 bits per heavy atom. The van der Waals surface area contributed by atoms with Gasteiger partial charge in [-0.05, 0) is 37.0 Å².